The van der Waals surface area contributed by atoms with Gasteiger partial charge in [-0.3, -0.25) is 0 Å². The van der Waals surface area contributed by atoms with Crippen molar-refractivity contribution in [1.29, 1.82) is 0 Å². The van der Waals surface area contributed by atoms with E-state index in [1.54, 1.807) is 0 Å². The lowest BCUT2D eigenvalue weighted by Gasteiger charge is -2.18. The monoisotopic (exact) mass is 560 g/mol. The molecule has 2 N–H and O–H groups in total. The molecule has 0 bridgehead atoms. The maximum absolute atomic E-state index is 8.88. The molecule has 9 heteroatoms. The molecule has 39 heavy (non-hydrogen) atoms. The minimum absolute atomic E-state index is 0.102. The van der Waals surface area contributed by atoms with Gasteiger partial charge in [0.2, 0.25) is 0 Å². The van der Waals surface area contributed by atoms with Crippen molar-refractivity contribution in [2.45, 2.75) is 70.3 Å². The molecule has 230 valence electrons. The molecule has 0 amide bonds. The molecule has 1 unspecified atom stereocenters. The van der Waals surface area contributed by atoms with Crippen molar-refractivity contribution in [2.24, 2.45) is 0 Å². The first-order valence-corrected chi connectivity index (χ1v) is 15.0. The quantitative estimate of drug-likeness (QED) is 0.122. The molecule has 1 aliphatic rings. The Balaban J connectivity index is 1.93. The Morgan fingerprint density at radius 1 is 0.538 bits per heavy atom. The molecule has 1 atom stereocenters. The Morgan fingerprint density at radius 3 is 1.62 bits per heavy atom. The molecule has 0 saturated carbocycles. The lowest BCUT2D eigenvalue weighted by atomic mass is 10.1. The van der Waals surface area contributed by atoms with Gasteiger partial charge in [0.05, 0.1) is 72.7 Å². The van der Waals surface area contributed by atoms with Gasteiger partial charge in [0.15, 0.2) is 0 Å². The van der Waals surface area contributed by atoms with E-state index < -0.39 is 0 Å². The van der Waals surface area contributed by atoms with Crippen molar-refractivity contribution in [3.8, 4) is 0 Å². The third-order valence-electron chi connectivity index (χ3n) is 6.04. The minimum Gasteiger partial charge on any atom is -0.396 e. The zero-order valence-corrected chi connectivity index (χ0v) is 24.2. The molecule has 0 saturated heterocycles. The number of unbranched alkanes of at least 4 members (excludes halogenated alkanes) is 6. The highest BCUT2D eigenvalue weighted by Crippen LogP contribution is 2.09. The van der Waals surface area contributed by atoms with E-state index in [0.29, 0.717) is 85.9 Å². The fourth-order valence-corrected chi connectivity index (χ4v) is 3.80. The average molecular weight is 561 g/mol. The van der Waals surface area contributed by atoms with Crippen LogP contribution in [0.5, 0.6) is 0 Å². The molecule has 0 heterocycles. The van der Waals surface area contributed by atoms with Crippen LogP contribution in [-0.2, 0) is 33.2 Å². The predicted molar refractivity (Wildman–Crippen MR) is 152 cm³/mol. The second-order valence-electron chi connectivity index (χ2n) is 9.57. The summed E-state index contributed by atoms with van der Waals surface area (Å²) in [6, 6.07) is 0. The lowest BCUT2D eigenvalue weighted by Crippen LogP contribution is -2.27. The van der Waals surface area contributed by atoms with Gasteiger partial charge in [-0.25, -0.2) is 0 Å². The van der Waals surface area contributed by atoms with Crippen LogP contribution >= 0.6 is 0 Å². The largest absolute Gasteiger partial charge is 0.396 e. The first kappa shape index (κ1) is 36.1. The van der Waals surface area contributed by atoms with Gasteiger partial charge in [0.1, 0.15) is 6.10 Å². The Hall–Kier alpha value is -0.880. The van der Waals surface area contributed by atoms with E-state index >= 15 is 0 Å². The van der Waals surface area contributed by atoms with Gasteiger partial charge in [0.25, 0.3) is 0 Å². The van der Waals surface area contributed by atoms with Crippen LogP contribution in [0, 0.1) is 0 Å². The van der Waals surface area contributed by atoms with Gasteiger partial charge in [0, 0.05) is 26.4 Å². The number of rotatable bonds is 31. The fourth-order valence-electron chi connectivity index (χ4n) is 3.80. The van der Waals surface area contributed by atoms with E-state index in [1.807, 2.05) is 0 Å². The molecule has 0 aliphatic heterocycles. The highest BCUT2D eigenvalue weighted by molar-refractivity contribution is 5.22. The summed E-state index contributed by atoms with van der Waals surface area (Å²) < 4.78 is 39.8. The number of aliphatic hydroxyl groups excluding tert-OH is 2. The molecule has 0 radical (unpaired) electrons. The third kappa shape index (κ3) is 25.8. The standard InChI is InChI=1S/C30H56O9/c31-14-8-1-3-10-16-36-27-30(39-17-11-4-2-9-15-32)28-38-25-23-35-21-19-33-18-20-34-22-24-37-26-29-12-6-5-7-13-29/h6,12-13,30-32H,1-5,7-11,14-28H2. The number of allylic oxidation sites excluding steroid dienone is 2. The van der Waals surface area contributed by atoms with Gasteiger partial charge >= 0.3 is 0 Å². The minimum atomic E-state index is -0.102. The van der Waals surface area contributed by atoms with Crippen LogP contribution in [0.2, 0.25) is 0 Å². The maximum Gasteiger partial charge on any atom is 0.104 e. The Morgan fingerprint density at radius 2 is 1.05 bits per heavy atom. The number of hydrogen-bond acceptors (Lipinski definition) is 9. The molecular weight excluding hydrogens is 504 g/mol. The van der Waals surface area contributed by atoms with E-state index in [9.17, 15) is 0 Å². The van der Waals surface area contributed by atoms with Crippen LogP contribution in [-0.4, -0.2) is 115 Å². The summed E-state index contributed by atoms with van der Waals surface area (Å²) in [5.41, 5.74) is 1.25. The molecule has 0 spiro atoms. The highest BCUT2D eigenvalue weighted by atomic mass is 16.6. The normalized spacial score (nSPS) is 14.2. The van der Waals surface area contributed by atoms with Gasteiger partial charge in [-0.05, 0) is 44.1 Å². The fraction of sp³-hybridized carbons (Fsp3) is 0.867. The maximum atomic E-state index is 8.88. The summed E-state index contributed by atoms with van der Waals surface area (Å²) in [6.45, 7) is 7.76. The van der Waals surface area contributed by atoms with E-state index in [2.05, 4.69) is 18.2 Å². The SMILES string of the molecule is OCCCCCCOCC(COCCOCCOCCOCCOCC1=CCCC=C1)OCCCCCCO. The topological polar surface area (TPSA) is 105 Å². The van der Waals surface area contributed by atoms with Gasteiger partial charge in [-0.2, -0.15) is 0 Å². The molecule has 1 aliphatic carbocycles. The zero-order chi connectivity index (χ0) is 27.9. The van der Waals surface area contributed by atoms with E-state index in [0.717, 1.165) is 64.2 Å². The van der Waals surface area contributed by atoms with Gasteiger partial charge in [-0.15, -0.1) is 0 Å². The van der Waals surface area contributed by atoms with Crippen molar-refractivity contribution < 1.29 is 43.4 Å². The molecule has 9 nitrogen and oxygen atoms in total. The van der Waals surface area contributed by atoms with E-state index in [4.69, 9.17) is 43.4 Å². The summed E-state index contributed by atoms with van der Waals surface area (Å²) in [5, 5.41) is 17.7. The molecule has 0 aromatic rings. The average Bonchev–Trinajstić information content (AvgIpc) is 2.96. The molecule has 0 aromatic carbocycles. The third-order valence-corrected chi connectivity index (χ3v) is 6.04. The summed E-state index contributed by atoms with van der Waals surface area (Å²) in [5.74, 6) is 0. The molecule has 1 rings (SSSR count). The van der Waals surface area contributed by atoms with Crippen LogP contribution in [0.1, 0.15) is 64.2 Å². The Labute approximate surface area is 236 Å². The summed E-state index contributed by atoms with van der Waals surface area (Å²) in [7, 11) is 0. The molecular formula is C30H56O9. The second-order valence-corrected chi connectivity index (χ2v) is 9.57. The van der Waals surface area contributed by atoms with Crippen LogP contribution in [0.15, 0.2) is 23.8 Å². The highest BCUT2D eigenvalue weighted by Gasteiger charge is 2.10. The van der Waals surface area contributed by atoms with Crippen LogP contribution in [0.3, 0.4) is 0 Å². The number of hydrogen-bond donors (Lipinski definition) is 2. The first-order chi connectivity index (χ1) is 19.4. The number of ether oxygens (including phenoxy) is 7. The van der Waals surface area contributed by atoms with Gasteiger partial charge in [-0.1, -0.05) is 43.9 Å². The summed E-state index contributed by atoms with van der Waals surface area (Å²) in [6.07, 6.45) is 16.5. The Bertz CT molecular complexity index is 557. The van der Waals surface area contributed by atoms with E-state index in [1.165, 1.54) is 5.57 Å². The summed E-state index contributed by atoms with van der Waals surface area (Å²) in [4.78, 5) is 0. The van der Waals surface area contributed by atoms with Crippen LogP contribution in [0.25, 0.3) is 0 Å². The van der Waals surface area contributed by atoms with Gasteiger partial charge < -0.3 is 43.4 Å². The smallest absolute Gasteiger partial charge is 0.104 e. The van der Waals surface area contributed by atoms with Crippen molar-refractivity contribution in [2.75, 3.05) is 99.1 Å². The Kier molecular flexibility index (Phi) is 27.9. The van der Waals surface area contributed by atoms with Crippen molar-refractivity contribution in [3.63, 3.8) is 0 Å². The van der Waals surface area contributed by atoms with Crippen molar-refractivity contribution in [3.05, 3.63) is 23.8 Å². The van der Waals surface area contributed by atoms with E-state index in [-0.39, 0.29) is 19.3 Å². The molecule has 0 aromatic heterocycles. The predicted octanol–water partition coefficient (Wildman–Crippen LogP) is 3.85. The van der Waals surface area contributed by atoms with Crippen molar-refractivity contribution >= 4 is 0 Å². The zero-order valence-electron chi connectivity index (χ0n) is 24.2. The summed E-state index contributed by atoms with van der Waals surface area (Å²) >= 11 is 0. The van der Waals surface area contributed by atoms with Crippen LogP contribution < -0.4 is 0 Å². The van der Waals surface area contributed by atoms with Crippen LogP contribution in [0.4, 0.5) is 0 Å². The second kappa shape index (κ2) is 30.1. The van der Waals surface area contributed by atoms with Crippen molar-refractivity contribution in [1.82, 2.24) is 0 Å². The molecule has 0 fully saturated rings. The first-order valence-electron chi connectivity index (χ1n) is 15.0. The lowest BCUT2D eigenvalue weighted by molar-refractivity contribution is -0.0702. The number of aliphatic hydroxyl groups is 2.